The monoisotopic (exact) mass is 1510 g/mol. The average Bonchev–Trinajstić information content (AvgIpc) is 1.53. The van der Waals surface area contributed by atoms with Gasteiger partial charge in [0, 0.05) is 18.4 Å². The Bertz CT molecular complexity index is 3180. The van der Waals surface area contributed by atoms with Crippen LogP contribution in [0.5, 0.6) is 0 Å². The fourth-order valence-electron chi connectivity index (χ4n) is 17.7. The molecule has 3 saturated carbocycles. The smallest absolute Gasteiger partial charge is 0.726 e. The van der Waals surface area contributed by atoms with Crippen LogP contribution >= 0.6 is 0 Å². The SMILES string of the molecule is C=C(C)CCC[C@]1(C)OC(=O)[C@]23CC[C@H]4C(=CC[C@H]5C(C)(C)[C@@H](O[C@@H]6OC[C@@H](OS(=O)(=O)[O-])[C@H](O)[C@H]6O[C@@H]6O[C@H](C)[C@@H](O[C@@H]7O[C@H](COS(=O)(=O)[O-])[C@@H](O)[C@H](O[C@@H]8O[C@H](COS(=O)(=O)[O-])[C@@H](O)[C@H](OC)[C@H]8O)[C@H]7O)[C@H](O)[C@H]6O[C@@H]6OC[C@@H](O)[C@H](O)[C@H]6O)CC[C@]45C)[C@]2(C)CC[C@@H]31.[Na+].[Na+].[Na+]. The quantitative estimate of drug-likeness (QED) is 0.0151. The zero-order valence-corrected chi connectivity index (χ0v) is 65.7. The van der Waals surface area contributed by atoms with E-state index < -0.39 is 227 Å². The molecule has 0 unspecified atom stereocenters. The first-order valence-electron chi connectivity index (χ1n) is 32.1. The second-order valence-electron chi connectivity index (χ2n) is 28.7. The first kappa shape index (κ1) is 87.0. The van der Waals surface area contributed by atoms with Gasteiger partial charge in [0.05, 0.1) is 44.1 Å². The molecule has 4 aliphatic carbocycles. The van der Waals surface area contributed by atoms with Crippen LogP contribution in [0.4, 0.5) is 0 Å². The van der Waals surface area contributed by atoms with Crippen molar-refractivity contribution in [2.75, 3.05) is 33.5 Å². The molecule has 0 aromatic carbocycles. The fraction of sp³-hybridized carbons (Fsp3) is 0.915. The molecule has 9 fully saturated rings. The maximum atomic E-state index is 14.5. The minimum absolute atomic E-state index is 0. The van der Waals surface area contributed by atoms with Crippen LogP contribution in [0.15, 0.2) is 23.8 Å². The van der Waals surface area contributed by atoms with E-state index in [0.717, 1.165) is 51.2 Å². The molecule has 31 atom stereocenters. The standard InChI is InChI=1S/C59H94O34S3.3Na/c1-25(2)11-10-17-58(8)34-15-19-57(7)28-12-13-33-55(4,5)35(16-18-56(33,6)27(28)14-20-59(34,57)54(69)92-58)87-52-47(39(64)32(22-81-52)93-96(76,77)78)91-53-48(90-49-40(65)36(61)29(60)21-80-49)41(66)44(26(3)84-53)88-51-43(68)46(38(63)31(86-51)24-83-95(73,74)75)89-50-42(67)45(79-9)37(62)30(85-50)23-82-94(70,71)72;;;/h12,26-27,29-53,60-68H,1,10-11,13-24H2,2-9H3,(H,70,71,72)(H,73,74,75)(H,76,77,78);;;/q;3*+1/p-3/t26-,27+,29-,30-,31-,32-,33+,34-,35+,36+,37-,38-,39+,40-,41+,42-,43-,44-,45+,46+,47-,48-,49+,50+,51+,52+,53+,56-,57+,58+,59-;;;/m1.../s1. The summed E-state index contributed by atoms with van der Waals surface area (Å²) in [6.07, 6.45) is -37.6. The van der Waals surface area contributed by atoms with Crippen LogP contribution in [-0.2, 0) is 105 Å². The zero-order valence-electron chi connectivity index (χ0n) is 57.2. The van der Waals surface area contributed by atoms with E-state index in [0.29, 0.717) is 25.7 Å². The van der Waals surface area contributed by atoms with Gasteiger partial charge in [-0.05, 0) is 108 Å². The van der Waals surface area contributed by atoms with Gasteiger partial charge in [0.15, 0.2) is 31.5 Å². The van der Waals surface area contributed by atoms with Crippen molar-refractivity contribution < 1.29 is 248 Å². The number of esters is 1. The number of fused-ring (bicyclic) bond motifs is 4. The Morgan fingerprint density at radius 3 is 1.75 bits per heavy atom. The third-order valence-corrected chi connectivity index (χ3v) is 23.9. The largest absolute Gasteiger partial charge is 1.00 e. The first-order valence-corrected chi connectivity index (χ1v) is 36.1. The maximum Gasteiger partial charge on any atom is 1.00 e. The molecule has 552 valence electrons. The molecule has 6 heterocycles. The molecular weight excluding hydrogens is 1420 g/mol. The van der Waals surface area contributed by atoms with E-state index in [1.165, 1.54) is 12.5 Å². The number of carbonyl (C=O) groups excluding carboxylic acids is 1. The van der Waals surface area contributed by atoms with Gasteiger partial charge in [-0.15, -0.1) is 6.58 Å². The molecule has 34 nitrogen and oxygen atoms in total. The molecule has 0 bridgehead atoms. The minimum atomic E-state index is -5.58. The molecule has 1 spiro atoms. The molecule has 0 aromatic heterocycles. The molecule has 6 saturated heterocycles. The minimum Gasteiger partial charge on any atom is -0.726 e. The topological polar surface area (TPSA) is 509 Å². The van der Waals surface area contributed by atoms with Crippen LogP contribution in [0, 0.1) is 39.4 Å². The third kappa shape index (κ3) is 17.5. The van der Waals surface area contributed by atoms with Crippen LogP contribution in [0.1, 0.15) is 113 Å². The first-order chi connectivity index (χ1) is 44.6. The summed E-state index contributed by atoms with van der Waals surface area (Å²) in [6.45, 7) is 14.0. The van der Waals surface area contributed by atoms with E-state index in [4.69, 9.17) is 61.0 Å². The zero-order chi connectivity index (χ0) is 70.5. The summed E-state index contributed by atoms with van der Waals surface area (Å²) >= 11 is 0. The van der Waals surface area contributed by atoms with E-state index in [1.807, 2.05) is 20.8 Å². The van der Waals surface area contributed by atoms with E-state index in [2.05, 4.69) is 41.8 Å². The van der Waals surface area contributed by atoms with Gasteiger partial charge in [0.2, 0.25) is 31.2 Å². The number of hydrogen-bond donors (Lipinski definition) is 9. The Hall–Kier alpha value is 0.760. The van der Waals surface area contributed by atoms with Crippen molar-refractivity contribution in [3.63, 3.8) is 0 Å². The van der Waals surface area contributed by atoms with E-state index in [-0.39, 0.29) is 118 Å². The van der Waals surface area contributed by atoms with Gasteiger partial charge in [0.1, 0.15) is 109 Å². The Kier molecular flexibility index (Phi) is 29.1. The van der Waals surface area contributed by atoms with Crippen molar-refractivity contribution in [3.8, 4) is 0 Å². The molecule has 40 heteroatoms. The number of aliphatic hydroxyl groups excluding tert-OH is 9. The number of rotatable bonds is 23. The molecule has 6 aliphatic heterocycles. The van der Waals surface area contributed by atoms with Crippen molar-refractivity contribution in [1.82, 2.24) is 0 Å². The Morgan fingerprint density at radius 2 is 1.16 bits per heavy atom. The van der Waals surface area contributed by atoms with Gasteiger partial charge in [0.25, 0.3) is 0 Å². The molecule has 10 aliphatic rings. The second-order valence-corrected chi connectivity index (χ2v) is 31.8. The van der Waals surface area contributed by atoms with E-state index in [1.54, 1.807) is 0 Å². The Labute approximate surface area is 641 Å². The predicted octanol–water partition coefficient (Wildman–Crippen LogP) is -11.5. The second kappa shape index (κ2) is 33.1. The van der Waals surface area contributed by atoms with Gasteiger partial charge in [-0.2, -0.15) is 0 Å². The van der Waals surface area contributed by atoms with Crippen LogP contribution in [0.3, 0.4) is 0 Å². The Morgan fingerprint density at radius 1 is 0.606 bits per heavy atom. The number of ether oxygens (including phenoxy) is 12. The fourth-order valence-corrected chi connectivity index (χ4v) is 18.8. The third-order valence-electron chi connectivity index (χ3n) is 22.5. The summed E-state index contributed by atoms with van der Waals surface area (Å²) in [5, 5.41) is 102. The summed E-state index contributed by atoms with van der Waals surface area (Å²) in [4.78, 5) is 14.5. The summed E-state index contributed by atoms with van der Waals surface area (Å²) in [5.74, 6) is -0.0762. The predicted molar refractivity (Wildman–Crippen MR) is 313 cm³/mol. The van der Waals surface area contributed by atoms with E-state index in [9.17, 15) is 89.7 Å². The number of carbonyl (C=O) groups is 1. The average molecular weight is 1510 g/mol. The van der Waals surface area contributed by atoms with Crippen molar-refractivity contribution in [1.29, 1.82) is 0 Å². The number of allylic oxidation sites excluding steroid dienone is 3. The van der Waals surface area contributed by atoms with Gasteiger partial charge in [-0.25, -0.2) is 25.3 Å². The number of cyclic esters (lactones) is 1. The van der Waals surface area contributed by atoms with Crippen molar-refractivity contribution in [3.05, 3.63) is 23.8 Å². The summed E-state index contributed by atoms with van der Waals surface area (Å²) < 4.78 is 191. The van der Waals surface area contributed by atoms with Crippen LogP contribution in [0.2, 0.25) is 0 Å². The molecule has 0 radical (unpaired) electrons. The molecule has 10 rings (SSSR count). The van der Waals surface area contributed by atoms with Crippen LogP contribution in [0.25, 0.3) is 0 Å². The van der Waals surface area contributed by atoms with Gasteiger partial charge in [-0.1, -0.05) is 44.9 Å². The maximum absolute atomic E-state index is 14.5. The molecular formula is C59H91Na3O34S3. The van der Waals surface area contributed by atoms with Crippen LogP contribution in [-0.4, -0.2) is 277 Å². The van der Waals surface area contributed by atoms with Crippen molar-refractivity contribution in [2.24, 2.45) is 39.4 Å². The summed E-state index contributed by atoms with van der Waals surface area (Å²) in [5.41, 5.74) is -0.455. The van der Waals surface area contributed by atoms with Crippen molar-refractivity contribution in [2.45, 2.75) is 266 Å². The summed E-state index contributed by atoms with van der Waals surface area (Å²) in [6, 6.07) is 0. The number of methoxy groups -OCH3 is 1. The number of aliphatic hydroxyl groups is 9. The normalized spacial score (nSPS) is 46.7. The molecule has 99 heavy (non-hydrogen) atoms. The summed E-state index contributed by atoms with van der Waals surface area (Å²) in [7, 11) is -15.6. The van der Waals surface area contributed by atoms with E-state index >= 15 is 0 Å². The van der Waals surface area contributed by atoms with Crippen LogP contribution < -0.4 is 88.7 Å². The van der Waals surface area contributed by atoms with Gasteiger partial charge in [-0.3, -0.25) is 17.3 Å². The molecule has 9 N–H and O–H groups in total. The van der Waals surface area contributed by atoms with Gasteiger partial charge >= 0.3 is 94.6 Å². The Balaban J connectivity index is 0.00000459. The van der Waals surface area contributed by atoms with Gasteiger partial charge < -0.3 is 116 Å². The molecule has 0 aromatic rings. The number of hydrogen-bond acceptors (Lipinski definition) is 34. The molecule has 0 amide bonds. The van der Waals surface area contributed by atoms with Crippen molar-refractivity contribution >= 4 is 37.2 Å².